The number of fused-ring (bicyclic) bond motifs is 1. The van der Waals surface area contributed by atoms with Gasteiger partial charge in [0.05, 0.1) is 18.8 Å². The molecule has 0 spiro atoms. The van der Waals surface area contributed by atoms with Gasteiger partial charge in [-0.2, -0.15) is 0 Å². The molecule has 2 rings (SSSR count). The first-order valence-corrected chi connectivity index (χ1v) is 8.39. The Hall–Kier alpha value is -1.49. The van der Waals surface area contributed by atoms with Crippen molar-refractivity contribution in [2.24, 2.45) is 5.73 Å². The Morgan fingerprint density at radius 3 is 2.95 bits per heavy atom. The van der Waals surface area contributed by atoms with Gasteiger partial charge >= 0.3 is 5.97 Å². The van der Waals surface area contributed by atoms with E-state index in [1.165, 1.54) is 11.1 Å². The van der Waals surface area contributed by atoms with E-state index in [2.05, 4.69) is 12.1 Å². The van der Waals surface area contributed by atoms with E-state index in [1.807, 2.05) is 13.0 Å². The third-order valence-electron chi connectivity index (χ3n) is 3.63. The van der Waals surface area contributed by atoms with Crippen LogP contribution in [0.1, 0.15) is 36.0 Å². The van der Waals surface area contributed by atoms with Crippen molar-refractivity contribution in [1.29, 1.82) is 0 Å². The number of hydrogen-bond acceptors (Lipinski definition) is 4. The number of aryl methyl sites for hydroxylation is 1. The van der Waals surface area contributed by atoms with Gasteiger partial charge < -0.3 is 10.5 Å². The topological polar surface area (TPSA) is 69.4 Å². The number of thioether (sulfide) groups is 1. The van der Waals surface area contributed by atoms with Crippen molar-refractivity contribution in [3.63, 3.8) is 0 Å². The molecule has 114 valence electrons. The molecule has 1 atom stereocenters. The molecule has 0 aliphatic heterocycles. The first kappa shape index (κ1) is 15.9. The molecular weight excluding hydrogens is 286 g/mol. The number of nitrogens with two attached hydrogens (primary N) is 1. The van der Waals surface area contributed by atoms with Crippen molar-refractivity contribution in [1.82, 2.24) is 0 Å². The first-order chi connectivity index (χ1) is 10.1. The molecule has 1 aromatic carbocycles. The maximum atomic E-state index is 11.3. The minimum absolute atomic E-state index is 0.141. The van der Waals surface area contributed by atoms with Gasteiger partial charge in [-0.15, -0.1) is 11.8 Å². The predicted molar refractivity (Wildman–Crippen MR) is 84.4 cm³/mol. The highest BCUT2D eigenvalue weighted by Crippen LogP contribution is 2.35. The normalized spacial score (nSPS) is 16.5. The molecule has 0 aromatic heterocycles. The summed E-state index contributed by atoms with van der Waals surface area (Å²) in [5.41, 5.74) is 8.88. The minimum atomic E-state index is -0.297. The number of amides is 1. The first-order valence-electron chi connectivity index (χ1n) is 7.23. The molecule has 0 fully saturated rings. The number of rotatable bonds is 7. The van der Waals surface area contributed by atoms with Crippen molar-refractivity contribution in [3.8, 4) is 0 Å². The van der Waals surface area contributed by atoms with Crippen LogP contribution < -0.4 is 5.73 Å². The summed E-state index contributed by atoms with van der Waals surface area (Å²) >= 11 is 1.63. The number of carbonyl (C=O) groups excluding carboxylic acids is 2. The van der Waals surface area contributed by atoms with E-state index in [4.69, 9.17) is 10.5 Å². The van der Waals surface area contributed by atoms with Crippen LogP contribution in [0.4, 0.5) is 0 Å². The zero-order valence-corrected chi connectivity index (χ0v) is 13.1. The lowest BCUT2D eigenvalue weighted by Crippen LogP contribution is -2.13. The summed E-state index contributed by atoms with van der Waals surface area (Å²) in [5, 5.41) is 0. The fourth-order valence-electron chi connectivity index (χ4n) is 2.73. The second-order valence-corrected chi connectivity index (χ2v) is 6.26. The highest BCUT2D eigenvalue weighted by molar-refractivity contribution is 7.99. The standard InChI is InChI=1S/C16H21NO3S/c1-2-20-16(19)10-21-9-13-5-4-12-7-11(8-15(17)18)3-6-14(12)13/h3,6-7,13H,2,4-5,8-10H2,1H3,(H2,17,18). The Labute approximate surface area is 129 Å². The highest BCUT2D eigenvalue weighted by Gasteiger charge is 2.23. The fourth-order valence-corrected chi connectivity index (χ4v) is 3.73. The molecule has 1 aliphatic rings. The van der Waals surface area contributed by atoms with Crippen LogP contribution in [0.3, 0.4) is 0 Å². The molecule has 1 amide bonds. The SMILES string of the molecule is CCOC(=O)CSCC1CCc2cc(CC(N)=O)ccc21. The number of primary amides is 1. The van der Waals surface area contributed by atoms with Gasteiger partial charge in [-0.3, -0.25) is 9.59 Å². The Balaban J connectivity index is 1.90. The van der Waals surface area contributed by atoms with Crippen LogP contribution >= 0.6 is 11.8 Å². The third kappa shape index (κ3) is 4.49. The number of ether oxygens (including phenoxy) is 1. The monoisotopic (exact) mass is 307 g/mol. The van der Waals surface area contributed by atoms with Crippen molar-refractivity contribution >= 4 is 23.6 Å². The average Bonchev–Trinajstić information content (AvgIpc) is 2.81. The van der Waals surface area contributed by atoms with Gasteiger partial charge in [0.25, 0.3) is 0 Å². The summed E-state index contributed by atoms with van der Waals surface area (Å²) in [6, 6.07) is 6.18. The summed E-state index contributed by atoms with van der Waals surface area (Å²) in [6.07, 6.45) is 2.44. The maximum absolute atomic E-state index is 11.3. The number of carbonyl (C=O) groups is 2. The van der Waals surface area contributed by atoms with Crippen molar-refractivity contribution in [3.05, 3.63) is 34.9 Å². The van der Waals surface area contributed by atoms with Gasteiger partial charge in [-0.25, -0.2) is 0 Å². The Kier molecular flexibility index (Phi) is 5.67. The lowest BCUT2D eigenvalue weighted by atomic mass is 10.0. The van der Waals surface area contributed by atoms with E-state index in [0.717, 1.165) is 24.2 Å². The summed E-state index contributed by atoms with van der Waals surface area (Å²) in [7, 11) is 0. The molecule has 2 N–H and O–H groups in total. The number of benzene rings is 1. The molecule has 1 unspecified atom stereocenters. The zero-order valence-electron chi connectivity index (χ0n) is 12.3. The van der Waals surface area contributed by atoms with Crippen LogP contribution in [-0.2, 0) is 27.2 Å². The summed E-state index contributed by atoms with van der Waals surface area (Å²) in [5.74, 6) is 1.40. The second kappa shape index (κ2) is 7.50. The summed E-state index contributed by atoms with van der Waals surface area (Å²) in [4.78, 5) is 22.3. The van der Waals surface area contributed by atoms with Gasteiger partial charge in [0.15, 0.2) is 0 Å². The smallest absolute Gasteiger partial charge is 0.315 e. The van der Waals surface area contributed by atoms with Gasteiger partial charge in [-0.1, -0.05) is 18.2 Å². The van der Waals surface area contributed by atoms with Crippen LogP contribution in [-0.4, -0.2) is 30.0 Å². The minimum Gasteiger partial charge on any atom is -0.465 e. The average molecular weight is 307 g/mol. The molecular formula is C16H21NO3S. The molecule has 5 heteroatoms. The van der Waals surface area contributed by atoms with Gasteiger partial charge in [0.2, 0.25) is 5.91 Å². The molecule has 0 heterocycles. The molecule has 1 aliphatic carbocycles. The lowest BCUT2D eigenvalue weighted by Gasteiger charge is -2.11. The number of esters is 1. The summed E-state index contributed by atoms with van der Waals surface area (Å²) in [6.45, 7) is 2.26. The summed E-state index contributed by atoms with van der Waals surface area (Å²) < 4.78 is 4.93. The van der Waals surface area contributed by atoms with E-state index in [9.17, 15) is 9.59 Å². The quantitative estimate of drug-likeness (QED) is 0.783. The second-order valence-electron chi connectivity index (χ2n) is 5.23. The Morgan fingerprint density at radius 2 is 2.24 bits per heavy atom. The molecule has 0 bridgehead atoms. The van der Waals surface area contributed by atoms with Crippen LogP contribution in [0.5, 0.6) is 0 Å². The van der Waals surface area contributed by atoms with E-state index < -0.39 is 0 Å². The highest BCUT2D eigenvalue weighted by atomic mass is 32.2. The van der Waals surface area contributed by atoms with E-state index >= 15 is 0 Å². The molecule has 0 radical (unpaired) electrons. The van der Waals surface area contributed by atoms with E-state index in [0.29, 0.717) is 24.7 Å². The zero-order chi connectivity index (χ0) is 15.2. The fraction of sp³-hybridized carbons (Fsp3) is 0.500. The predicted octanol–water partition coefficient (Wildman–Crippen LogP) is 2.04. The van der Waals surface area contributed by atoms with Gasteiger partial charge in [0.1, 0.15) is 0 Å². The lowest BCUT2D eigenvalue weighted by molar-refractivity contribution is -0.139. The Morgan fingerprint density at radius 1 is 1.43 bits per heavy atom. The maximum Gasteiger partial charge on any atom is 0.315 e. The van der Waals surface area contributed by atoms with Crippen molar-refractivity contribution < 1.29 is 14.3 Å². The molecule has 0 saturated heterocycles. The van der Waals surface area contributed by atoms with Crippen LogP contribution in [0, 0.1) is 0 Å². The van der Waals surface area contributed by atoms with Crippen molar-refractivity contribution in [2.75, 3.05) is 18.1 Å². The molecule has 1 aromatic rings. The van der Waals surface area contributed by atoms with E-state index in [1.54, 1.807) is 11.8 Å². The molecule has 21 heavy (non-hydrogen) atoms. The molecule has 4 nitrogen and oxygen atoms in total. The van der Waals surface area contributed by atoms with Gasteiger partial charge in [0, 0.05) is 5.75 Å². The van der Waals surface area contributed by atoms with Crippen LogP contribution in [0.25, 0.3) is 0 Å². The molecule has 0 saturated carbocycles. The van der Waals surface area contributed by atoms with Crippen LogP contribution in [0.2, 0.25) is 0 Å². The number of hydrogen-bond donors (Lipinski definition) is 1. The third-order valence-corrected chi connectivity index (χ3v) is 4.71. The van der Waals surface area contributed by atoms with Crippen LogP contribution in [0.15, 0.2) is 18.2 Å². The Bertz CT molecular complexity index is 530. The van der Waals surface area contributed by atoms with Gasteiger partial charge in [-0.05, 0) is 42.4 Å². The van der Waals surface area contributed by atoms with E-state index in [-0.39, 0.29) is 11.9 Å². The largest absolute Gasteiger partial charge is 0.465 e. The van der Waals surface area contributed by atoms with Crippen molar-refractivity contribution in [2.45, 2.75) is 32.1 Å².